The molecule has 0 bridgehead atoms. The Hall–Kier alpha value is -3.45. The van der Waals surface area contributed by atoms with E-state index in [2.05, 4.69) is 16.4 Å². The van der Waals surface area contributed by atoms with Crippen LogP contribution in [0.1, 0.15) is 73.8 Å². The molecule has 3 heterocycles. The van der Waals surface area contributed by atoms with E-state index in [-0.39, 0.29) is 48.5 Å². The standard InChI is InChI=1S/C34H47N5O5S2/c1-7-28-22-39(46(41,42)31-15-12-18-37-32(31)44-28)21-26-19-30(45-24(26)3)29(17-16-27(38(6)35)20-36-8-2)34(4,5)33(40)43-23-25-13-10-9-11-14-25/h9-15,18-20,28-29,36H,7-8,16-17,21-23,35H2,1-6H3/b27-20-/t28-,29?/m1/s1. The van der Waals surface area contributed by atoms with Crippen LogP contribution in [0.2, 0.25) is 0 Å². The van der Waals surface area contributed by atoms with Crippen molar-refractivity contribution < 1.29 is 22.7 Å². The SMILES string of the molecule is CCN/C=C(/CCC(c1cc(CN2C[C@@H](CC)Oc3ncccc3S2(=O)=O)c(C)s1)C(C)(C)C(=O)OCc1ccccc1)N(C)N. The minimum Gasteiger partial charge on any atom is -0.472 e. The number of hydrogen-bond donors (Lipinski definition) is 2. The molecule has 0 amide bonds. The first-order chi connectivity index (χ1) is 21.9. The number of sulfonamides is 1. The quantitative estimate of drug-likeness (QED) is 0.126. The molecule has 0 saturated heterocycles. The molecule has 0 spiro atoms. The Morgan fingerprint density at radius 1 is 1.26 bits per heavy atom. The summed E-state index contributed by atoms with van der Waals surface area (Å²) in [6, 6.07) is 14.8. The largest absolute Gasteiger partial charge is 0.472 e. The molecular formula is C34H47N5O5S2. The zero-order valence-electron chi connectivity index (χ0n) is 27.7. The highest BCUT2D eigenvalue weighted by Crippen LogP contribution is 2.45. The summed E-state index contributed by atoms with van der Waals surface area (Å²) in [5.41, 5.74) is 1.83. The van der Waals surface area contributed by atoms with E-state index in [0.717, 1.165) is 33.1 Å². The third kappa shape index (κ3) is 8.28. The third-order valence-electron chi connectivity index (χ3n) is 8.45. The van der Waals surface area contributed by atoms with E-state index in [1.54, 1.807) is 41.7 Å². The fourth-order valence-electron chi connectivity index (χ4n) is 5.52. The Bertz CT molecular complexity index is 1600. The molecule has 3 N–H and O–H groups in total. The van der Waals surface area contributed by atoms with Crippen LogP contribution in [0.3, 0.4) is 0 Å². The number of carbonyl (C=O) groups is 1. The van der Waals surface area contributed by atoms with Gasteiger partial charge in [0.25, 0.3) is 0 Å². The third-order valence-corrected chi connectivity index (χ3v) is 11.5. The van der Waals surface area contributed by atoms with Crippen molar-refractivity contribution in [1.29, 1.82) is 0 Å². The average molecular weight is 670 g/mol. The molecule has 0 saturated carbocycles. The second kappa shape index (κ2) is 15.4. The van der Waals surface area contributed by atoms with E-state index >= 15 is 0 Å². The molecule has 12 heteroatoms. The molecule has 10 nitrogen and oxygen atoms in total. The molecule has 0 radical (unpaired) electrons. The molecule has 1 aliphatic rings. The number of benzene rings is 1. The molecule has 0 fully saturated rings. The number of nitrogens with one attached hydrogen (secondary N) is 1. The van der Waals surface area contributed by atoms with Gasteiger partial charge in [-0.1, -0.05) is 37.3 Å². The van der Waals surface area contributed by atoms with Crippen LogP contribution < -0.4 is 15.9 Å². The van der Waals surface area contributed by atoms with Gasteiger partial charge in [-0.25, -0.2) is 19.2 Å². The summed E-state index contributed by atoms with van der Waals surface area (Å²) >= 11 is 1.59. The summed E-state index contributed by atoms with van der Waals surface area (Å²) in [7, 11) is -2.06. The van der Waals surface area contributed by atoms with Crippen LogP contribution in [0.15, 0.2) is 71.5 Å². The van der Waals surface area contributed by atoms with E-state index < -0.39 is 15.4 Å². The summed E-state index contributed by atoms with van der Waals surface area (Å²) < 4.78 is 41.0. The zero-order chi connectivity index (χ0) is 33.5. The van der Waals surface area contributed by atoms with Gasteiger partial charge in [0.15, 0.2) is 0 Å². The lowest BCUT2D eigenvalue weighted by Gasteiger charge is -2.32. The van der Waals surface area contributed by atoms with Crippen molar-refractivity contribution in [3.8, 4) is 5.88 Å². The van der Waals surface area contributed by atoms with Crippen molar-refractivity contribution >= 4 is 27.3 Å². The molecule has 0 aliphatic carbocycles. The Kier molecular flexibility index (Phi) is 11.9. The maximum atomic E-state index is 13.8. The summed E-state index contributed by atoms with van der Waals surface area (Å²) in [5.74, 6) is 5.79. The predicted molar refractivity (Wildman–Crippen MR) is 181 cm³/mol. The van der Waals surface area contributed by atoms with Crippen LogP contribution in [0.4, 0.5) is 0 Å². The zero-order valence-corrected chi connectivity index (χ0v) is 29.3. The Balaban J connectivity index is 1.66. The number of thiophene rings is 1. The molecule has 2 aromatic heterocycles. The summed E-state index contributed by atoms with van der Waals surface area (Å²) in [5, 5.41) is 4.82. The van der Waals surface area contributed by atoms with Gasteiger partial charge in [0.05, 0.1) is 12.0 Å². The highest BCUT2D eigenvalue weighted by Gasteiger charge is 2.41. The predicted octanol–water partition coefficient (Wildman–Crippen LogP) is 5.70. The molecular weight excluding hydrogens is 623 g/mol. The van der Waals surface area contributed by atoms with Crippen LogP contribution >= 0.6 is 11.3 Å². The fraction of sp³-hybridized carbons (Fsp3) is 0.471. The number of esters is 1. The lowest BCUT2D eigenvalue weighted by atomic mass is 9.75. The van der Waals surface area contributed by atoms with Gasteiger partial charge in [-0.3, -0.25) is 4.79 Å². The van der Waals surface area contributed by atoms with Gasteiger partial charge in [0.2, 0.25) is 15.9 Å². The van der Waals surface area contributed by atoms with Crippen molar-refractivity contribution in [2.45, 2.75) is 84.0 Å². The highest BCUT2D eigenvalue weighted by molar-refractivity contribution is 7.89. The van der Waals surface area contributed by atoms with Crippen molar-refractivity contribution in [2.75, 3.05) is 20.1 Å². The van der Waals surface area contributed by atoms with Crippen LogP contribution in [0.5, 0.6) is 5.88 Å². The van der Waals surface area contributed by atoms with E-state index in [1.165, 1.54) is 4.31 Å². The number of aromatic nitrogens is 1. The number of pyridine rings is 1. The van der Waals surface area contributed by atoms with Gasteiger partial charge >= 0.3 is 5.97 Å². The molecule has 46 heavy (non-hydrogen) atoms. The van der Waals surface area contributed by atoms with Crippen molar-refractivity contribution in [3.05, 3.63) is 87.5 Å². The number of nitrogens with zero attached hydrogens (tertiary/aromatic N) is 3. The lowest BCUT2D eigenvalue weighted by Crippen LogP contribution is -2.36. The first-order valence-corrected chi connectivity index (χ1v) is 18.0. The number of ether oxygens (including phenoxy) is 2. The van der Waals surface area contributed by atoms with Gasteiger partial charge in [-0.05, 0) is 76.3 Å². The number of fused-ring (bicyclic) bond motifs is 1. The Labute approximate surface area is 277 Å². The summed E-state index contributed by atoms with van der Waals surface area (Å²) in [4.78, 5) is 20.0. The van der Waals surface area contributed by atoms with Gasteiger partial charge in [-0.15, -0.1) is 11.3 Å². The lowest BCUT2D eigenvalue weighted by molar-refractivity contribution is -0.156. The maximum Gasteiger partial charge on any atom is 0.312 e. The van der Waals surface area contributed by atoms with E-state index in [0.29, 0.717) is 19.3 Å². The van der Waals surface area contributed by atoms with E-state index in [9.17, 15) is 13.2 Å². The number of hydrogen-bond acceptors (Lipinski definition) is 10. The maximum absolute atomic E-state index is 13.8. The first kappa shape index (κ1) is 35.4. The van der Waals surface area contributed by atoms with Crippen molar-refractivity contribution in [1.82, 2.24) is 19.6 Å². The van der Waals surface area contributed by atoms with Gasteiger partial charge in [-0.2, -0.15) is 4.31 Å². The first-order valence-electron chi connectivity index (χ1n) is 15.7. The molecule has 1 aliphatic heterocycles. The summed E-state index contributed by atoms with van der Waals surface area (Å²) in [6.07, 6.45) is 5.00. The molecule has 4 rings (SSSR count). The van der Waals surface area contributed by atoms with Gasteiger partial charge < -0.3 is 19.8 Å². The van der Waals surface area contributed by atoms with Crippen molar-refractivity contribution in [3.63, 3.8) is 0 Å². The number of rotatable bonds is 14. The van der Waals surface area contributed by atoms with Crippen LogP contribution in [-0.2, 0) is 32.7 Å². The topological polar surface area (TPSA) is 127 Å². The van der Waals surface area contributed by atoms with Gasteiger partial charge in [0.1, 0.15) is 17.6 Å². The van der Waals surface area contributed by atoms with E-state index in [1.807, 2.05) is 71.2 Å². The van der Waals surface area contributed by atoms with Crippen molar-refractivity contribution in [2.24, 2.45) is 11.3 Å². The van der Waals surface area contributed by atoms with E-state index in [4.69, 9.17) is 15.3 Å². The monoisotopic (exact) mass is 669 g/mol. The smallest absolute Gasteiger partial charge is 0.312 e. The second-order valence-electron chi connectivity index (χ2n) is 12.2. The Morgan fingerprint density at radius 2 is 2.00 bits per heavy atom. The minimum absolute atomic E-state index is 0.0742. The number of nitrogens with two attached hydrogens (primary N) is 1. The van der Waals surface area contributed by atoms with Crippen LogP contribution in [-0.4, -0.2) is 54.9 Å². The number of carbonyl (C=O) groups excluding carboxylic acids is 1. The highest BCUT2D eigenvalue weighted by atomic mass is 32.2. The average Bonchev–Trinajstić information content (AvgIpc) is 3.34. The second-order valence-corrected chi connectivity index (χ2v) is 15.4. The van der Waals surface area contributed by atoms with Crippen LogP contribution in [0, 0.1) is 12.3 Å². The van der Waals surface area contributed by atoms with Crippen LogP contribution in [0.25, 0.3) is 0 Å². The number of allylic oxidation sites excluding steroid dienone is 1. The fourth-order valence-corrected chi connectivity index (χ4v) is 8.40. The molecule has 1 aromatic carbocycles. The Morgan fingerprint density at radius 3 is 2.67 bits per heavy atom. The molecule has 3 aromatic rings. The minimum atomic E-state index is -3.86. The summed E-state index contributed by atoms with van der Waals surface area (Å²) in [6.45, 7) is 11.2. The van der Waals surface area contributed by atoms with Gasteiger partial charge in [0, 0.05) is 53.9 Å². The molecule has 1 unspecified atom stereocenters. The molecule has 2 atom stereocenters. The normalized spacial score (nSPS) is 17.4. The molecule has 250 valence electrons. The number of hydrazine groups is 1. The number of aryl methyl sites for hydroxylation is 1.